The van der Waals surface area contributed by atoms with Crippen LogP contribution in [0.15, 0.2) is 87.8 Å². The minimum absolute atomic E-state index is 0.139. The van der Waals surface area contributed by atoms with Gasteiger partial charge in [-0.05, 0) is 95.8 Å². The van der Waals surface area contributed by atoms with Crippen LogP contribution in [-0.4, -0.2) is 35.6 Å². The van der Waals surface area contributed by atoms with Gasteiger partial charge in [0.05, 0.1) is 26.5 Å². The van der Waals surface area contributed by atoms with Gasteiger partial charge in [-0.15, -0.1) is 0 Å². The average Bonchev–Trinajstić information content (AvgIpc) is 3.30. The van der Waals surface area contributed by atoms with Gasteiger partial charge < -0.3 is 14.4 Å². The van der Waals surface area contributed by atoms with Crippen LogP contribution in [0.4, 0.5) is 0 Å². The molecule has 1 aliphatic rings. The number of allylic oxidation sites excluding steroid dienone is 1. The standard InChI is InChI=1S/C33H31I2N3O4S/c1-5-37(6-2)32(40)28-20(3)36-33-38(29(28)24-14-10-11-15-26(24)41-4)31(39)27(43-33)17-22-16-23(34)18-25(35)30(22)42-19-21-12-8-7-9-13-21/h7-18,29H,5-6,19H2,1-4H3/b27-17+/t29-/m0/s1. The molecule has 1 atom stereocenters. The van der Waals surface area contributed by atoms with Gasteiger partial charge in [0.2, 0.25) is 0 Å². The molecule has 10 heteroatoms. The first-order valence-corrected chi connectivity index (χ1v) is 16.8. The highest BCUT2D eigenvalue weighted by molar-refractivity contribution is 14.1. The van der Waals surface area contributed by atoms with Crippen molar-refractivity contribution < 1.29 is 14.3 Å². The fraction of sp³-hybridized carbons (Fsp3) is 0.242. The molecule has 222 valence electrons. The number of halogens is 2. The molecule has 0 radical (unpaired) electrons. The minimum atomic E-state index is -0.688. The predicted molar refractivity (Wildman–Crippen MR) is 187 cm³/mol. The molecule has 0 spiro atoms. The van der Waals surface area contributed by atoms with Crippen molar-refractivity contribution in [3.05, 3.63) is 122 Å². The number of carbonyl (C=O) groups is 1. The number of thiazole rings is 1. The van der Waals surface area contributed by atoms with Crippen LogP contribution in [0.25, 0.3) is 6.08 Å². The summed E-state index contributed by atoms with van der Waals surface area (Å²) in [6, 6.07) is 20.9. The summed E-state index contributed by atoms with van der Waals surface area (Å²) in [7, 11) is 1.60. The van der Waals surface area contributed by atoms with E-state index in [-0.39, 0.29) is 11.5 Å². The lowest BCUT2D eigenvalue weighted by molar-refractivity contribution is -0.127. The van der Waals surface area contributed by atoms with E-state index in [1.165, 1.54) is 11.3 Å². The number of benzene rings is 3. The second kappa shape index (κ2) is 13.8. The normalized spacial score (nSPS) is 14.7. The largest absolute Gasteiger partial charge is 0.496 e. The molecule has 5 rings (SSSR count). The SMILES string of the molecule is CCN(CC)C(=O)C1=C(C)N=c2s/c(=C/c3cc(I)cc(I)c3OCc3ccccc3)c(=O)n2[C@H]1c1ccccc1OC. The van der Waals surface area contributed by atoms with E-state index in [4.69, 9.17) is 14.5 Å². The number of nitrogens with zero attached hydrogens (tertiary/aromatic N) is 3. The summed E-state index contributed by atoms with van der Waals surface area (Å²) < 4.78 is 16.2. The van der Waals surface area contributed by atoms with Crippen LogP contribution in [0.3, 0.4) is 0 Å². The van der Waals surface area contributed by atoms with Gasteiger partial charge in [0.1, 0.15) is 24.1 Å². The molecule has 1 aromatic heterocycles. The Labute approximate surface area is 281 Å². The average molecular weight is 820 g/mol. The molecule has 0 saturated heterocycles. The van der Waals surface area contributed by atoms with E-state index in [1.807, 2.05) is 87.5 Å². The Bertz CT molecular complexity index is 1880. The molecular formula is C33H31I2N3O4S. The summed E-state index contributed by atoms with van der Waals surface area (Å²) in [5.41, 5.74) is 3.44. The van der Waals surface area contributed by atoms with E-state index in [9.17, 15) is 9.59 Å². The van der Waals surface area contributed by atoms with Crippen LogP contribution in [0.5, 0.6) is 11.5 Å². The second-order valence-electron chi connectivity index (χ2n) is 9.88. The number of ether oxygens (including phenoxy) is 2. The molecule has 3 aromatic carbocycles. The van der Waals surface area contributed by atoms with Crippen molar-refractivity contribution in [3.63, 3.8) is 0 Å². The lowest BCUT2D eigenvalue weighted by Crippen LogP contribution is -2.43. The molecular weight excluding hydrogens is 788 g/mol. The molecule has 0 unspecified atom stereocenters. The van der Waals surface area contributed by atoms with Crippen molar-refractivity contribution in [3.8, 4) is 11.5 Å². The van der Waals surface area contributed by atoms with Gasteiger partial charge in [-0.1, -0.05) is 59.9 Å². The number of methoxy groups -OCH3 is 1. The molecule has 4 aromatic rings. The van der Waals surface area contributed by atoms with Crippen LogP contribution >= 0.6 is 56.5 Å². The number of carbonyl (C=O) groups excluding carboxylic acids is 1. The topological polar surface area (TPSA) is 73.1 Å². The van der Waals surface area contributed by atoms with E-state index >= 15 is 0 Å². The van der Waals surface area contributed by atoms with E-state index < -0.39 is 6.04 Å². The van der Waals surface area contributed by atoms with Crippen LogP contribution in [0, 0.1) is 7.14 Å². The van der Waals surface area contributed by atoms with Crippen LogP contribution in [0.1, 0.15) is 43.5 Å². The molecule has 0 aliphatic carbocycles. The Morgan fingerprint density at radius 3 is 2.47 bits per heavy atom. The summed E-state index contributed by atoms with van der Waals surface area (Å²) in [6.07, 6.45) is 1.87. The number of hydrogen-bond donors (Lipinski definition) is 0. The lowest BCUT2D eigenvalue weighted by atomic mass is 9.94. The van der Waals surface area contributed by atoms with E-state index in [2.05, 4.69) is 51.2 Å². The summed E-state index contributed by atoms with van der Waals surface area (Å²) in [5, 5.41) is 0. The maximum atomic E-state index is 14.3. The Balaban J connectivity index is 1.69. The van der Waals surface area contributed by atoms with Gasteiger partial charge in [0, 0.05) is 27.8 Å². The van der Waals surface area contributed by atoms with Crippen molar-refractivity contribution in [2.24, 2.45) is 4.99 Å². The summed E-state index contributed by atoms with van der Waals surface area (Å²) in [5.74, 6) is 1.18. The number of amides is 1. The number of rotatable bonds is 9. The second-order valence-corrected chi connectivity index (χ2v) is 13.3. The third-order valence-corrected chi connectivity index (χ3v) is 9.69. The number of aromatic nitrogens is 1. The van der Waals surface area contributed by atoms with E-state index in [0.29, 0.717) is 51.8 Å². The first-order chi connectivity index (χ1) is 20.8. The van der Waals surface area contributed by atoms with E-state index in [0.717, 1.165) is 23.8 Å². The maximum Gasteiger partial charge on any atom is 0.271 e. The smallest absolute Gasteiger partial charge is 0.271 e. The number of fused-ring (bicyclic) bond motifs is 1. The molecule has 0 saturated carbocycles. The Hall–Kier alpha value is -2.97. The van der Waals surface area contributed by atoms with Gasteiger partial charge >= 0.3 is 0 Å². The summed E-state index contributed by atoms with van der Waals surface area (Å²) in [4.78, 5) is 35.3. The highest BCUT2D eigenvalue weighted by Crippen LogP contribution is 2.36. The Morgan fingerprint density at radius 1 is 1.07 bits per heavy atom. The number of hydrogen-bond acceptors (Lipinski definition) is 6. The molecule has 0 fully saturated rings. The lowest BCUT2D eigenvalue weighted by Gasteiger charge is -2.29. The summed E-state index contributed by atoms with van der Waals surface area (Å²) >= 11 is 5.86. The van der Waals surface area contributed by atoms with E-state index in [1.54, 1.807) is 16.6 Å². The van der Waals surface area contributed by atoms with Crippen LogP contribution in [-0.2, 0) is 11.4 Å². The number of para-hydroxylation sites is 1. The van der Waals surface area contributed by atoms with Gasteiger partial charge in [0.15, 0.2) is 4.80 Å². The predicted octanol–water partition coefficient (Wildman–Crippen LogP) is 5.90. The molecule has 2 heterocycles. The monoisotopic (exact) mass is 819 g/mol. The maximum absolute atomic E-state index is 14.3. The zero-order valence-corrected chi connectivity index (χ0v) is 29.4. The molecule has 1 aliphatic heterocycles. The van der Waals surface area contributed by atoms with Crippen molar-refractivity contribution in [1.82, 2.24) is 9.47 Å². The van der Waals surface area contributed by atoms with Gasteiger partial charge in [0.25, 0.3) is 11.5 Å². The highest BCUT2D eigenvalue weighted by atomic mass is 127. The van der Waals surface area contributed by atoms with Crippen molar-refractivity contribution >= 4 is 68.5 Å². The third-order valence-electron chi connectivity index (χ3n) is 7.29. The first kappa shape index (κ1) is 31.5. The summed E-state index contributed by atoms with van der Waals surface area (Å²) in [6.45, 7) is 7.24. The van der Waals surface area contributed by atoms with Gasteiger partial charge in [-0.3, -0.25) is 14.2 Å². The fourth-order valence-electron chi connectivity index (χ4n) is 5.17. The van der Waals surface area contributed by atoms with Crippen LogP contribution < -0.4 is 24.4 Å². The van der Waals surface area contributed by atoms with Crippen LogP contribution in [0.2, 0.25) is 0 Å². The van der Waals surface area contributed by atoms with Crippen molar-refractivity contribution in [2.75, 3.05) is 20.2 Å². The zero-order valence-electron chi connectivity index (χ0n) is 24.3. The zero-order chi connectivity index (χ0) is 30.7. The molecule has 1 amide bonds. The Kier molecular flexibility index (Phi) is 10.1. The fourth-order valence-corrected chi connectivity index (χ4v) is 8.26. The number of likely N-dealkylation sites (N-methyl/N-ethyl adjacent to an activating group) is 1. The first-order valence-electron chi connectivity index (χ1n) is 13.9. The van der Waals surface area contributed by atoms with Crippen molar-refractivity contribution in [2.45, 2.75) is 33.4 Å². The quantitative estimate of drug-likeness (QED) is 0.198. The molecule has 0 bridgehead atoms. The third kappa shape index (κ3) is 6.46. The molecule has 43 heavy (non-hydrogen) atoms. The van der Waals surface area contributed by atoms with Gasteiger partial charge in [-0.2, -0.15) is 0 Å². The highest BCUT2D eigenvalue weighted by Gasteiger charge is 2.35. The Morgan fingerprint density at radius 2 is 1.77 bits per heavy atom. The minimum Gasteiger partial charge on any atom is -0.496 e. The molecule has 7 nitrogen and oxygen atoms in total. The van der Waals surface area contributed by atoms with Gasteiger partial charge in [-0.25, -0.2) is 4.99 Å². The van der Waals surface area contributed by atoms with Crippen molar-refractivity contribution in [1.29, 1.82) is 0 Å². The molecule has 0 N–H and O–H groups in total.